The van der Waals surface area contributed by atoms with Crippen LogP contribution in [0.15, 0.2) is 17.1 Å². The number of nitrogens with two attached hydrogens (primary N) is 1. The van der Waals surface area contributed by atoms with E-state index in [0.29, 0.717) is 25.2 Å². The van der Waals surface area contributed by atoms with Crippen LogP contribution < -0.4 is 11.2 Å². The van der Waals surface area contributed by atoms with Crippen LogP contribution in [0.4, 0.5) is 0 Å². The van der Waals surface area contributed by atoms with Crippen molar-refractivity contribution in [1.29, 1.82) is 0 Å². The summed E-state index contributed by atoms with van der Waals surface area (Å²) in [6.45, 7) is 3.56. The molecule has 0 radical (unpaired) electrons. The minimum atomic E-state index is -1.18. The molecule has 0 aromatic heterocycles. The summed E-state index contributed by atoms with van der Waals surface area (Å²) >= 11 is 0. The molecule has 0 saturated heterocycles. The van der Waals surface area contributed by atoms with Crippen molar-refractivity contribution in [2.45, 2.75) is 32.2 Å². The number of carbonyl (C=O) groups is 1. The van der Waals surface area contributed by atoms with Crippen LogP contribution >= 0.6 is 0 Å². The van der Waals surface area contributed by atoms with Gasteiger partial charge in [-0.25, -0.2) is 0 Å². The SMILES string of the molecule is CC(=NC/C=C\CC[C@](C)(N)C(=O)O)NO. The summed E-state index contributed by atoms with van der Waals surface area (Å²) in [5, 5.41) is 17.2. The number of hydrogen-bond acceptors (Lipinski definition) is 4. The van der Waals surface area contributed by atoms with Crippen molar-refractivity contribution in [1.82, 2.24) is 5.48 Å². The molecule has 0 bridgehead atoms. The number of hydroxylamine groups is 1. The lowest BCUT2D eigenvalue weighted by Gasteiger charge is -2.17. The summed E-state index contributed by atoms with van der Waals surface area (Å²) in [6, 6.07) is 0. The van der Waals surface area contributed by atoms with E-state index in [4.69, 9.17) is 16.0 Å². The highest BCUT2D eigenvalue weighted by atomic mass is 16.5. The number of nitrogens with one attached hydrogen (secondary N) is 1. The standard InChI is InChI=1S/C10H19N3O3/c1-8(13-16)12-7-5-3-4-6-10(2,11)9(14)15/h3,5,16H,4,6-7,11H2,1-2H3,(H,12,13)(H,14,15)/b5-3-/t10-/m0/s1. The summed E-state index contributed by atoms with van der Waals surface area (Å²) in [5.74, 6) is -0.571. The van der Waals surface area contributed by atoms with Gasteiger partial charge >= 0.3 is 5.97 Å². The molecule has 0 unspecified atom stereocenters. The van der Waals surface area contributed by atoms with Crippen molar-refractivity contribution in [3.8, 4) is 0 Å². The Hall–Kier alpha value is -1.40. The van der Waals surface area contributed by atoms with Gasteiger partial charge in [0.2, 0.25) is 0 Å². The topological polar surface area (TPSA) is 108 Å². The Bertz CT molecular complexity index is 285. The third-order valence-electron chi connectivity index (χ3n) is 2.08. The fraction of sp³-hybridized carbons (Fsp3) is 0.600. The fourth-order valence-electron chi connectivity index (χ4n) is 0.907. The first-order chi connectivity index (χ1) is 7.40. The molecule has 0 amide bonds. The van der Waals surface area contributed by atoms with Crippen LogP contribution in [0.25, 0.3) is 0 Å². The Kier molecular flexibility index (Phi) is 6.36. The van der Waals surface area contributed by atoms with E-state index in [1.807, 2.05) is 11.6 Å². The van der Waals surface area contributed by atoms with E-state index in [1.165, 1.54) is 6.92 Å². The molecule has 0 aliphatic rings. The molecule has 6 heteroatoms. The Morgan fingerprint density at radius 3 is 2.69 bits per heavy atom. The maximum Gasteiger partial charge on any atom is 0.323 e. The van der Waals surface area contributed by atoms with Gasteiger partial charge in [-0.3, -0.25) is 20.5 Å². The van der Waals surface area contributed by atoms with E-state index >= 15 is 0 Å². The number of carboxylic acid groups (broad SMARTS) is 1. The molecule has 0 spiro atoms. The number of nitrogens with zero attached hydrogens (tertiary/aromatic N) is 1. The first-order valence-electron chi connectivity index (χ1n) is 4.98. The number of rotatable bonds is 6. The van der Waals surface area contributed by atoms with E-state index in [9.17, 15) is 4.79 Å². The number of aliphatic imine (C=N–C) groups is 1. The number of carboxylic acids is 1. The summed E-state index contributed by atoms with van der Waals surface area (Å²) in [7, 11) is 0. The zero-order valence-corrected chi connectivity index (χ0v) is 9.60. The minimum absolute atomic E-state index is 0.375. The summed E-state index contributed by atoms with van der Waals surface area (Å²) in [5.41, 5.74) is 6.27. The molecule has 0 fully saturated rings. The molecule has 5 N–H and O–H groups in total. The van der Waals surface area contributed by atoms with E-state index < -0.39 is 11.5 Å². The lowest BCUT2D eigenvalue weighted by Crippen LogP contribution is -2.44. The maximum absolute atomic E-state index is 10.7. The van der Waals surface area contributed by atoms with Crippen molar-refractivity contribution < 1.29 is 15.1 Å². The van der Waals surface area contributed by atoms with Crippen LogP contribution in [0.2, 0.25) is 0 Å². The highest BCUT2D eigenvalue weighted by Gasteiger charge is 2.26. The van der Waals surface area contributed by atoms with E-state index in [-0.39, 0.29) is 0 Å². The first-order valence-corrected chi connectivity index (χ1v) is 4.98. The fourth-order valence-corrected chi connectivity index (χ4v) is 0.907. The van der Waals surface area contributed by atoms with Gasteiger partial charge < -0.3 is 10.8 Å². The van der Waals surface area contributed by atoms with Gasteiger partial charge in [-0.1, -0.05) is 12.2 Å². The quantitative estimate of drug-likeness (QED) is 0.230. The van der Waals surface area contributed by atoms with Gasteiger partial charge in [0.25, 0.3) is 0 Å². The van der Waals surface area contributed by atoms with Gasteiger partial charge in [0.15, 0.2) is 0 Å². The normalized spacial score (nSPS) is 16.1. The van der Waals surface area contributed by atoms with Crippen LogP contribution in [0.3, 0.4) is 0 Å². The second-order valence-electron chi connectivity index (χ2n) is 3.77. The number of hydrogen-bond donors (Lipinski definition) is 4. The zero-order valence-electron chi connectivity index (χ0n) is 9.60. The Labute approximate surface area is 94.8 Å². The van der Waals surface area contributed by atoms with Crippen molar-refractivity contribution in [3.05, 3.63) is 12.2 Å². The van der Waals surface area contributed by atoms with Crippen LogP contribution in [0, 0.1) is 0 Å². The molecule has 0 aromatic rings. The molecule has 0 aliphatic carbocycles. The van der Waals surface area contributed by atoms with Gasteiger partial charge in [-0.15, -0.1) is 0 Å². The van der Waals surface area contributed by atoms with E-state index in [0.717, 1.165) is 0 Å². The molecule has 0 aliphatic heterocycles. The Morgan fingerprint density at radius 1 is 1.56 bits per heavy atom. The number of aliphatic carboxylic acids is 1. The average molecular weight is 229 g/mol. The molecule has 0 heterocycles. The smallest absolute Gasteiger partial charge is 0.323 e. The molecule has 6 nitrogen and oxygen atoms in total. The molecular weight excluding hydrogens is 210 g/mol. The highest BCUT2D eigenvalue weighted by molar-refractivity contribution is 5.78. The monoisotopic (exact) mass is 229 g/mol. The summed E-state index contributed by atoms with van der Waals surface area (Å²) < 4.78 is 0. The lowest BCUT2D eigenvalue weighted by atomic mass is 9.97. The second kappa shape index (κ2) is 6.97. The van der Waals surface area contributed by atoms with Crippen molar-refractivity contribution in [2.24, 2.45) is 10.7 Å². The third-order valence-corrected chi connectivity index (χ3v) is 2.08. The number of allylic oxidation sites excluding steroid dienone is 1. The van der Waals surface area contributed by atoms with Gasteiger partial charge in [0, 0.05) is 0 Å². The molecule has 16 heavy (non-hydrogen) atoms. The van der Waals surface area contributed by atoms with Crippen LogP contribution in [0.5, 0.6) is 0 Å². The third kappa shape index (κ3) is 6.15. The highest BCUT2D eigenvalue weighted by Crippen LogP contribution is 2.09. The van der Waals surface area contributed by atoms with Crippen LogP contribution in [0.1, 0.15) is 26.7 Å². The first kappa shape index (κ1) is 14.6. The molecule has 0 saturated carbocycles. The van der Waals surface area contributed by atoms with Crippen molar-refractivity contribution in [3.63, 3.8) is 0 Å². The molecule has 1 atom stereocenters. The minimum Gasteiger partial charge on any atom is -0.480 e. The Balaban J connectivity index is 3.83. The predicted molar refractivity (Wildman–Crippen MR) is 61.5 cm³/mol. The van der Waals surface area contributed by atoms with Crippen molar-refractivity contribution >= 4 is 11.8 Å². The van der Waals surface area contributed by atoms with Gasteiger partial charge in [-0.2, -0.15) is 0 Å². The van der Waals surface area contributed by atoms with Crippen LogP contribution in [-0.4, -0.2) is 34.2 Å². The van der Waals surface area contributed by atoms with Crippen molar-refractivity contribution in [2.75, 3.05) is 6.54 Å². The van der Waals surface area contributed by atoms with Gasteiger partial charge in [0.05, 0.1) is 6.54 Å². The second-order valence-corrected chi connectivity index (χ2v) is 3.77. The largest absolute Gasteiger partial charge is 0.480 e. The average Bonchev–Trinajstić information content (AvgIpc) is 2.22. The Morgan fingerprint density at radius 2 is 2.19 bits per heavy atom. The van der Waals surface area contributed by atoms with E-state index in [1.54, 1.807) is 13.0 Å². The summed E-state index contributed by atoms with van der Waals surface area (Å²) in [4.78, 5) is 14.6. The van der Waals surface area contributed by atoms with E-state index in [2.05, 4.69) is 4.99 Å². The zero-order chi connectivity index (χ0) is 12.6. The van der Waals surface area contributed by atoms with Gasteiger partial charge in [0.1, 0.15) is 11.4 Å². The molecule has 0 rings (SSSR count). The molecule has 92 valence electrons. The number of amidine groups is 1. The van der Waals surface area contributed by atoms with Gasteiger partial charge in [-0.05, 0) is 26.7 Å². The molecule has 0 aromatic carbocycles. The maximum atomic E-state index is 10.7. The van der Waals surface area contributed by atoms with Crippen LogP contribution in [-0.2, 0) is 4.79 Å². The predicted octanol–water partition coefficient (Wildman–Crippen LogP) is 0.522. The summed E-state index contributed by atoms with van der Waals surface area (Å²) in [6.07, 6.45) is 4.57. The molecular formula is C10H19N3O3. The lowest BCUT2D eigenvalue weighted by molar-refractivity contribution is -0.142.